The van der Waals surface area contributed by atoms with E-state index >= 15 is 0 Å². The third kappa shape index (κ3) is 7.62. The molecule has 0 fully saturated rings. The van der Waals surface area contributed by atoms with Gasteiger partial charge in [-0.05, 0) is 6.42 Å². The Balaban J connectivity index is 4.21. The van der Waals surface area contributed by atoms with E-state index in [1.165, 1.54) is 6.92 Å². The highest BCUT2D eigenvalue weighted by Gasteiger charge is 2.20. The number of carboxylic acids is 2. The van der Waals surface area contributed by atoms with Crippen LogP contribution in [0.25, 0.3) is 0 Å². The first-order valence-electron chi connectivity index (χ1n) is 5.90. The molecule has 0 rings (SSSR count). The number of amides is 2. The molecule has 0 aromatic rings. The van der Waals surface area contributed by atoms with Crippen molar-refractivity contribution >= 4 is 36.4 Å². The lowest BCUT2D eigenvalue weighted by atomic mass is 10.1. The first-order chi connectivity index (χ1) is 9.27. The van der Waals surface area contributed by atoms with Gasteiger partial charge in [0.05, 0.1) is 5.92 Å². The van der Waals surface area contributed by atoms with Crippen LogP contribution < -0.4 is 10.6 Å². The van der Waals surface area contributed by atoms with Crippen LogP contribution in [0.3, 0.4) is 0 Å². The van der Waals surface area contributed by atoms with Gasteiger partial charge < -0.3 is 20.8 Å². The number of carboxylic acid groups (broad SMARTS) is 2. The highest BCUT2D eigenvalue weighted by Crippen LogP contribution is 2.05. The van der Waals surface area contributed by atoms with Gasteiger partial charge in [0.15, 0.2) is 0 Å². The van der Waals surface area contributed by atoms with Crippen LogP contribution >= 0.6 is 12.6 Å². The minimum Gasteiger partial charge on any atom is -0.481 e. The normalized spacial score (nSPS) is 13.1. The lowest BCUT2D eigenvalue weighted by Gasteiger charge is -2.16. The van der Waals surface area contributed by atoms with E-state index in [1.807, 2.05) is 0 Å². The molecule has 0 spiro atoms. The molecule has 0 radical (unpaired) electrons. The van der Waals surface area contributed by atoms with Crippen LogP contribution in [0.2, 0.25) is 0 Å². The number of carbonyl (C=O) groups is 4. The summed E-state index contributed by atoms with van der Waals surface area (Å²) in [4.78, 5) is 44.0. The number of aliphatic carboxylic acids is 2. The Hall–Kier alpha value is -1.77. The second kappa shape index (κ2) is 9.18. The SMILES string of the molecule is C[C@@H](CCC(=O)N[C@H](CS)C(=O)NCC(=O)O)C(=O)O. The predicted molar refractivity (Wildman–Crippen MR) is 72.5 cm³/mol. The van der Waals surface area contributed by atoms with Gasteiger partial charge in [0.1, 0.15) is 12.6 Å². The smallest absolute Gasteiger partial charge is 0.322 e. The van der Waals surface area contributed by atoms with Gasteiger partial charge >= 0.3 is 11.9 Å². The summed E-state index contributed by atoms with van der Waals surface area (Å²) < 4.78 is 0. The van der Waals surface area contributed by atoms with Gasteiger partial charge in [-0.25, -0.2) is 0 Å². The zero-order valence-corrected chi connectivity index (χ0v) is 11.9. The third-order valence-corrected chi connectivity index (χ3v) is 2.84. The van der Waals surface area contributed by atoms with E-state index in [-0.39, 0.29) is 18.6 Å². The fourth-order valence-electron chi connectivity index (χ4n) is 1.22. The van der Waals surface area contributed by atoms with Crippen molar-refractivity contribution in [2.45, 2.75) is 25.8 Å². The molecule has 0 aliphatic carbocycles. The highest BCUT2D eigenvalue weighted by molar-refractivity contribution is 7.80. The van der Waals surface area contributed by atoms with Gasteiger partial charge in [-0.1, -0.05) is 6.92 Å². The van der Waals surface area contributed by atoms with Crippen LogP contribution in [0.5, 0.6) is 0 Å². The van der Waals surface area contributed by atoms with E-state index in [4.69, 9.17) is 10.2 Å². The Morgan fingerprint density at radius 3 is 2.25 bits per heavy atom. The molecule has 0 bridgehead atoms. The number of thiol groups is 1. The number of hydrogen-bond donors (Lipinski definition) is 5. The maximum atomic E-state index is 11.5. The zero-order valence-electron chi connectivity index (χ0n) is 11.0. The van der Waals surface area contributed by atoms with E-state index in [0.29, 0.717) is 0 Å². The largest absolute Gasteiger partial charge is 0.481 e. The molecule has 0 saturated heterocycles. The standard InChI is InChI=1S/C11H18N2O6S/c1-6(11(18)19)2-3-8(14)13-7(5-20)10(17)12-4-9(15)16/h6-7,20H,2-5H2,1H3,(H,12,17)(H,13,14)(H,15,16)(H,18,19)/t6-,7+/m0/s1. The van der Waals surface area contributed by atoms with Crippen molar-refractivity contribution in [3.8, 4) is 0 Å². The third-order valence-electron chi connectivity index (χ3n) is 2.47. The molecular formula is C11H18N2O6S. The van der Waals surface area contributed by atoms with Crippen molar-refractivity contribution in [1.29, 1.82) is 0 Å². The van der Waals surface area contributed by atoms with Crippen molar-refractivity contribution in [2.75, 3.05) is 12.3 Å². The number of hydrogen-bond acceptors (Lipinski definition) is 5. The van der Waals surface area contributed by atoms with Crippen molar-refractivity contribution in [3.05, 3.63) is 0 Å². The first kappa shape index (κ1) is 18.2. The van der Waals surface area contributed by atoms with Gasteiger partial charge in [0.25, 0.3) is 0 Å². The van der Waals surface area contributed by atoms with Gasteiger partial charge in [0, 0.05) is 12.2 Å². The molecule has 0 aliphatic rings. The molecule has 114 valence electrons. The summed E-state index contributed by atoms with van der Waals surface area (Å²) in [6, 6.07) is -0.953. The number of nitrogens with one attached hydrogen (secondary N) is 2. The molecule has 2 amide bonds. The van der Waals surface area contributed by atoms with E-state index in [9.17, 15) is 19.2 Å². The number of rotatable bonds is 9. The summed E-state index contributed by atoms with van der Waals surface area (Å²) >= 11 is 3.90. The van der Waals surface area contributed by atoms with E-state index in [0.717, 1.165) is 0 Å². The highest BCUT2D eigenvalue weighted by atomic mass is 32.1. The van der Waals surface area contributed by atoms with Crippen molar-refractivity contribution in [3.63, 3.8) is 0 Å². The molecule has 4 N–H and O–H groups in total. The summed E-state index contributed by atoms with van der Waals surface area (Å²) in [6.45, 7) is 0.931. The van der Waals surface area contributed by atoms with Crippen molar-refractivity contribution in [2.24, 2.45) is 5.92 Å². The summed E-state index contributed by atoms with van der Waals surface area (Å²) in [7, 11) is 0. The Morgan fingerprint density at radius 2 is 1.80 bits per heavy atom. The van der Waals surface area contributed by atoms with E-state index < -0.39 is 42.3 Å². The van der Waals surface area contributed by atoms with Crippen LogP contribution in [0.4, 0.5) is 0 Å². The predicted octanol–water partition coefficient (Wildman–Crippen LogP) is -0.897. The Kier molecular flexibility index (Phi) is 8.37. The molecule has 0 heterocycles. The molecule has 9 heteroatoms. The second-order valence-corrected chi connectivity index (χ2v) is 4.56. The maximum Gasteiger partial charge on any atom is 0.322 e. The minimum absolute atomic E-state index is 0.00563. The zero-order chi connectivity index (χ0) is 15.7. The average Bonchev–Trinajstić information content (AvgIpc) is 2.38. The molecule has 0 aromatic heterocycles. The fourth-order valence-corrected chi connectivity index (χ4v) is 1.47. The quantitative estimate of drug-likeness (QED) is 0.351. The monoisotopic (exact) mass is 306 g/mol. The first-order valence-corrected chi connectivity index (χ1v) is 6.53. The average molecular weight is 306 g/mol. The molecule has 20 heavy (non-hydrogen) atoms. The fraction of sp³-hybridized carbons (Fsp3) is 0.636. The minimum atomic E-state index is -1.20. The lowest BCUT2D eigenvalue weighted by molar-refractivity contribution is -0.141. The molecule has 0 aliphatic heterocycles. The van der Waals surface area contributed by atoms with E-state index in [1.54, 1.807) is 0 Å². The van der Waals surface area contributed by atoms with Crippen molar-refractivity contribution in [1.82, 2.24) is 10.6 Å². The van der Waals surface area contributed by atoms with Crippen LogP contribution in [0.15, 0.2) is 0 Å². The number of carbonyl (C=O) groups excluding carboxylic acids is 2. The van der Waals surface area contributed by atoms with Crippen LogP contribution in [-0.4, -0.2) is 52.3 Å². The van der Waals surface area contributed by atoms with Crippen LogP contribution in [0, 0.1) is 5.92 Å². The summed E-state index contributed by atoms with van der Waals surface area (Å²) in [5.74, 6) is -3.98. The van der Waals surface area contributed by atoms with Gasteiger partial charge in [-0.2, -0.15) is 12.6 Å². The van der Waals surface area contributed by atoms with Crippen molar-refractivity contribution < 1.29 is 29.4 Å². The molecule has 0 unspecified atom stereocenters. The molecule has 8 nitrogen and oxygen atoms in total. The van der Waals surface area contributed by atoms with Gasteiger partial charge in [-0.15, -0.1) is 0 Å². The maximum absolute atomic E-state index is 11.5. The molecular weight excluding hydrogens is 288 g/mol. The van der Waals surface area contributed by atoms with Crippen LogP contribution in [-0.2, 0) is 19.2 Å². The summed E-state index contributed by atoms with van der Waals surface area (Å²) in [6.07, 6.45) is 0.112. The van der Waals surface area contributed by atoms with Crippen LogP contribution in [0.1, 0.15) is 19.8 Å². The van der Waals surface area contributed by atoms with Gasteiger partial charge in [-0.3, -0.25) is 19.2 Å². The lowest BCUT2D eigenvalue weighted by Crippen LogP contribution is -2.49. The van der Waals surface area contributed by atoms with Gasteiger partial charge in [0.2, 0.25) is 11.8 Å². The Labute approximate surface area is 121 Å². The molecule has 2 atom stereocenters. The summed E-state index contributed by atoms with van der Waals surface area (Å²) in [5.41, 5.74) is 0. The summed E-state index contributed by atoms with van der Waals surface area (Å²) in [5, 5.41) is 21.6. The second-order valence-electron chi connectivity index (χ2n) is 4.19. The Morgan fingerprint density at radius 1 is 1.20 bits per heavy atom. The molecule has 0 saturated carbocycles. The van der Waals surface area contributed by atoms with E-state index in [2.05, 4.69) is 23.3 Å². The topological polar surface area (TPSA) is 133 Å². The molecule has 0 aromatic carbocycles. The Bertz CT molecular complexity index is 387.